The van der Waals surface area contributed by atoms with Gasteiger partial charge in [0.1, 0.15) is 5.75 Å². The number of amides is 1. The number of hydrogen-bond donors (Lipinski definition) is 1. The molecule has 1 N–H and O–H groups in total. The molecule has 0 bridgehead atoms. The molecule has 1 amide bonds. The van der Waals surface area contributed by atoms with Crippen LogP contribution in [0.1, 0.15) is 23.0 Å². The van der Waals surface area contributed by atoms with Crippen molar-refractivity contribution < 1.29 is 9.53 Å². The normalized spacial score (nSPS) is 14.9. The number of aryl methyl sites for hydroxylation is 1. The number of hydrogen-bond acceptors (Lipinski definition) is 6. The number of nitrogens with zero attached hydrogens (tertiary/aromatic N) is 4. The predicted octanol–water partition coefficient (Wildman–Crippen LogP) is 2.84. The minimum atomic E-state index is -0.343. The maximum Gasteiger partial charge on any atom is 0.276 e. The first kappa shape index (κ1) is 19.4. The highest BCUT2D eigenvalue weighted by atomic mass is 35.5. The Morgan fingerprint density at radius 2 is 1.96 bits per heavy atom. The number of benzene rings is 1. The number of ether oxygens (including phenoxy) is 1. The van der Waals surface area contributed by atoms with Crippen LogP contribution in [0.25, 0.3) is 0 Å². The van der Waals surface area contributed by atoms with Gasteiger partial charge in [-0.25, -0.2) is 0 Å². The van der Waals surface area contributed by atoms with Crippen molar-refractivity contribution in [3.05, 3.63) is 40.5 Å². The lowest BCUT2D eigenvalue weighted by Crippen LogP contribution is -2.46. The molecule has 2 aromatic rings. The van der Waals surface area contributed by atoms with E-state index in [0.717, 1.165) is 44.1 Å². The molecule has 0 atom stereocenters. The zero-order valence-electron chi connectivity index (χ0n) is 15.8. The van der Waals surface area contributed by atoms with E-state index in [1.165, 1.54) is 7.11 Å². The zero-order chi connectivity index (χ0) is 19.4. The van der Waals surface area contributed by atoms with Crippen molar-refractivity contribution in [2.45, 2.75) is 13.8 Å². The Labute approximate surface area is 164 Å². The van der Waals surface area contributed by atoms with Gasteiger partial charge in [0, 0.05) is 37.3 Å². The second-order valence-electron chi connectivity index (χ2n) is 6.45. The highest BCUT2D eigenvalue weighted by Gasteiger charge is 2.18. The van der Waals surface area contributed by atoms with Crippen molar-refractivity contribution in [1.82, 2.24) is 15.1 Å². The summed E-state index contributed by atoms with van der Waals surface area (Å²) in [4.78, 5) is 17.1. The van der Waals surface area contributed by atoms with Crippen LogP contribution in [0.5, 0.6) is 5.75 Å². The Bertz CT molecular complexity index is 804. The summed E-state index contributed by atoms with van der Waals surface area (Å²) in [5.74, 6) is 0.949. The molecule has 1 aromatic heterocycles. The van der Waals surface area contributed by atoms with E-state index in [1.807, 2.05) is 13.0 Å². The molecule has 2 heterocycles. The van der Waals surface area contributed by atoms with E-state index in [0.29, 0.717) is 16.5 Å². The van der Waals surface area contributed by atoms with E-state index in [1.54, 1.807) is 18.2 Å². The van der Waals surface area contributed by atoms with Crippen LogP contribution in [0.2, 0.25) is 5.02 Å². The Morgan fingerprint density at radius 3 is 2.56 bits per heavy atom. The number of halogens is 1. The first-order valence-electron chi connectivity index (χ1n) is 8.98. The summed E-state index contributed by atoms with van der Waals surface area (Å²) >= 11 is 6.10. The average Bonchev–Trinajstić information content (AvgIpc) is 2.70. The second kappa shape index (κ2) is 8.54. The number of rotatable bonds is 5. The van der Waals surface area contributed by atoms with E-state index in [9.17, 15) is 4.79 Å². The van der Waals surface area contributed by atoms with Crippen LogP contribution < -0.4 is 15.0 Å². The molecule has 1 aliphatic heterocycles. The Hall–Kier alpha value is -2.38. The van der Waals surface area contributed by atoms with Crippen LogP contribution in [0.15, 0.2) is 24.3 Å². The lowest BCUT2D eigenvalue weighted by atomic mass is 10.2. The van der Waals surface area contributed by atoms with Gasteiger partial charge in [0.2, 0.25) is 0 Å². The molecular formula is C19H24ClN5O2. The van der Waals surface area contributed by atoms with Gasteiger partial charge in [0.25, 0.3) is 5.91 Å². The molecule has 7 nitrogen and oxygen atoms in total. The first-order valence-corrected chi connectivity index (χ1v) is 9.36. The number of piperazine rings is 1. The van der Waals surface area contributed by atoms with E-state index in [4.69, 9.17) is 16.3 Å². The van der Waals surface area contributed by atoms with Crippen LogP contribution in [-0.4, -0.2) is 60.8 Å². The molecule has 0 spiro atoms. The SMILES string of the molecule is CCN1CCN(c2ccc(C(=O)Nc3cc(C)c(Cl)cc3OC)nn2)CC1. The molecule has 3 rings (SSSR count). The van der Waals surface area contributed by atoms with Crippen molar-refractivity contribution in [1.29, 1.82) is 0 Å². The van der Waals surface area contributed by atoms with Gasteiger partial charge >= 0.3 is 0 Å². The van der Waals surface area contributed by atoms with Crippen molar-refractivity contribution >= 4 is 29.0 Å². The summed E-state index contributed by atoms with van der Waals surface area (Å²) in [7, 11) is 1.53. The van der Waals surface area contributed by atoms with E-state index >= 15 is 0 Å². The van der Waals surface area contributed by atoms with Gasteiger partial charge in [-0.3, -0.25) is 4.79 Å². The summed E-state index contributed by atoms with van der Waals surface area (Å²) < 4.78 is 5.29. The van der Waals surface area contributed by atoms with E-state index < -0.39 is 0 Å². The lowest BCUT2D eigenvalue weighted by molar-refractivity contribution is 0.102. The first-order chi connectivity index (χ1) is 13.0. The number of likely N-dealkylation sites (N-methyl/N-ethyl adjacent to an activating group) is 1. The monoisotopic (exact) mass is 389 g/mol. The molecule has 144 valence electrons. The summed E-state index contributed by atoms with van der Waals surface area (Å²) in [5.41, 5.74) is 1.65. The quantitative estimate of drug-likeness (QED) is 0.847. The van der Waals surface area contributed by atoms with Crippen molar-refractivity contribution in [2.75, 3.05) is 50.1 Å². The van der Waals surface area contributed by atoms with E-state index in [2.05, 4.69) is 32.2 Å². The van der Waals surface area contributed by atoms with Crippen LogP contribution in [0.4, 0.5) is 11.5 Å². The van der Waals surface area contributed by atoms with Gasteiger partial charge in [-0.15, -0.1) is 10.2 Å². The molecular weight excluding hydrogens is 366 g/mol. The van der Waals surface area contributed by atoms with Gasteiger partial charge in [-0.05, 0) is 37.2 Å². The Balaban J connectivity index is 1.69. The number of methoxy groups -OCH3 is 1. The number of aromatic nitrogens is 2. The van der Waals surface area contributed by atoms with Crippen LogP contribution in [0.3, 0.4) is 0 Å². The van der Waals surface area contributed by atoms with Crippen LogP contribution in [-0.2, 0) is 0 Å². The Morgan fingerprint density at radius 1 is 1.22 bits per heavy atom. The third-order valence-electron chi connectivity index (χ3n) is 4.76. The topological polar surface area (TPSA) is 70.6 Å². The lowest BCUT2D eigenvalue weighted by Gasteiger charge is -2.34. The molecule has 0 aliphatic carbocycles. The molecule has 0 unspecified atom stereocenters. The van der Waals surface area contributed by atoms with Gasteiger partial charge in [-0.1, -0.05) is 18.5 Å². The fourth-order valence-electron chi connectivity index (χ4n) is 3.02. The van der Waals surface area contributed by atoms with Crippen molar-refractivity contribution in [3.63, 3.8) is 0 Å². The fourth-order valence-corrected chi connectivity index (χ4v) is 3.18. The second-order valence-corrected chi connectivity index (χ2v) is 6.86. The van der Waals surface area contributed by atoms with Crippen molar-refractivity contribution in [3.8, 4) is 5.75 Å². The zero-order valence-corrected chi connectivity index (χ0v) is 16.6. The molecule has 27 heavy (non-hydrogen) atoms. The van der Waals surface area contributed by atoms with Gasteiger partial charge in [-0.2, -0.15) is 0 Å². The number of carbonyl (C=O) groups excluding carboxylic acids is 1. The number of nitrogens with one attached hydrogen (secondary N) is 1. The summed E-state index contributed by atoms with van der Waals surface area (Å²) in [6.07, 6.45) is 0. The van der Waals surface area contributed by atoms with Gasteiger partial charge < -0.3 is 19.9 Å². The average molecular weight is 390 g/mol. The number of anilines is 2. The summed E-state index contributed by atoms with van der Waals surface area (Å²) in [6.45, 7) is 8.94. The largest absolute Gasteiger partial charge is 0.495 e. The third-order valence-corrected chi connectivity index (χ3v) is 5.16. The minimum absolute atomic E-state index is 0.251. The maximum atomic E-state index is 12.5. The highest BCUT2D eigenvalue weighted by molar-refractivity contribution is 6.31. The molecule has 1 aromatic carbocycles. The smallest absolute Gasteiger partial charge is 0.276 e. The van der Waals surface area contributed by atoms with Crippen LogP contribution >= 0.6 is 11.6 Å². The summed E-state index contributed by atoms with van der Waals surface area (Å²) in [6, 6.07) is 6.98. The number of carbonyl (C=O) groups is 1. The predicted molar refractivity (Wildman–Crippen MR) is 107 cm³/mol. The Kier molecular flexibility index (Phi) is 6.13. The highest BCUT2D eigenvalue weighted by Crippen LogP contribution is 2.31. The third kappa shape index (κ3) is 4.48. The molecule has 8 heteroatoms. The van der Waals surface area contributed by atoms with Gasteiger partial charge in [0.15, 0.2) is 11.5 Å². The van der Waals surface area contributed by atoms with Crippen molar-refractivity contribution in [2.24, 2.45) is 0 Å². The summed E-state index contributed by atoms with van der Waals surface area (Å²) in [5, 5.41) is 11.7. The van der Waals surface area contributed by atoms with Crippen LogP contribution in [0, 0.1) is 6.92 Å². The molecule has 0 radical (unpaired) electrons. The minimum Gasteiger partial charge on any atom is -0.495 e. The molecule has 0 saturated carbocycles. The standard InChI is InChI=1S/C19H24ClN5O2/c1-4-24-7-9-25(10-8-24)18-6-5-15(22-23-18)19(26)21-16-11-13(2)14(20)12-17(16)27-3/h5-6,11-12H,4,7-10H2,1-3H3,(H,21,26). The molecule has 1 fully saturated rings. The van der Waals surface area contributed by atoms with Gasteiger partial charge in [0.05, 0.1) is 12.8 Å². The molecule has 1 saturated heterocycles. The molecule has 1 aliphatic rings. The maximum absolute atomic E-state index is 12.5. The van der Waals surface area contributed by atoms with E-state index in [-0.39, 0.29) is 11.6 Å². The fraction of sp³-hybridized carbons (Fsp3) is 0.421.